The van der Waals surface area contributed by atoms with Gasteiger partial charge in [0.05, 0.1) is 10.6 Å². The van der Waals surface area contributed by atoms with Crippen molar-refractivity contribution >= 4 is 27.0 Å². The Hall–Kier alpha value is -2.13. The zero-order valence-electron chi connectivity index (χ0n) is 16.0. The first-order valence-corrected chi connectivity index (χ1v) is 10.6. The number of benzene rings is 1. The van der Waals surface area contributed by atoms with Crippen molar-refractivity contribution in [3.8, 4) is 0 Å². The summed E-state index contributed by atoms with van der Waals surface area (Å²) in [5.74, 6) is 0.372. The van der Waals surface area contributed by atoms with Gasteiger partial charge in [-0.2, -0.15) is 0 Å². The first kappa shape index (κ1) is 19.6. The van der Waals surface area contributed by atoms with Crippen LogP contribution < -0.4 is 5.32 Å². The normalized spacial score (nSPS) is 18.7. The number of aromatic nitrogens is 1. The second-order valence-electron chi connectivity index (χ2n) is 7.48. The van der Waals surface area contributed by atoms with Crippen molar-refractivity contribution in [3.63, 3.8) is 0 Å². The summed E-state index contributed by atoms with van der Waals surface area (Å²) in [5, 5.41) is 3.22. The third kappa shape index (κ3) is 4.24. The summed E-state index contributed by atoms with van der Waals surface area (Å²) >= 11 is 0. The molecule has 1 atom stereocenters. The summed E-state index contributed by atoms with van der Waals surface area (Å²) in [7, 11) is -3.33. The van der Waals surface area contributed by atoms with E-state index < -0.39 is 27.6 Å². The molecule has 1 N–H and O–H groups in total. The smallest absolute Gasteiger partial charge is 0.411 e. The van der Waals surface area contributed by atoms with E-state index in [2.05, 4.69) is 10.3 Å². The minimum absolute atomic E-state index is 0.0161. The van der Waals surface area contributed by atoms with E-state index in [4.69, 9.17) is 9.15 Å². The Morgan fingerprint density at radius 1 is 1.41 bits per heavy atom. The van der Waals surface area contributed by atoms with E-state index in [1.165, 1.54) is 12.1 Å². The predicted octanol–water partition coefficient (Wildman–Crippen LogP) is 2.50. The number of hydrogen-bond acceptors (Lipinski definition) is 7. The van der Waals surface area contributed by atoms with Crippen molar-refractivity contribution in [1.82, 2.24) is 15.2 Å². The van der Waals surface area contributed by atoms with Crippen LogP contribution in [0.4, 0.5) is 4.79 Å². The van der Waals surface area contributed by atoms with Gasteiger partial charge in [-0.3, -0.25) is 4.90 Å². The number of ether oxygens (including phenoxy) is 1. The van der Waals surface area contributed by atoms with E-state index >= 15 is 0 Å². The Kier molecular flexibility index (Phi) is 5.18. The number of nitrogens with zero attached hydrogens (tertiary/aromatic N) is 2. The number of amides is 1. The zero-order chi connectivity index (χ0) is 19.8. The van der Waals surface area contributed by atoms with Gasteiger partial charge >= 0.3 is 6.09 Å². The van der Waals surface area contributed by atoms with Gasteiger partial charge in [0.15, 0.2) is 15.4 Å². The average molecular weight is 395 g/mol. The van der Waals surface area contributed by atoms with Crippen LogP contribution >= 0.6 is 0 Å². The highest BCUT2D eigenvalue weighted by molar-refractivity contribution is 7.91. The Morgan fingerprint density at radius 2 is 2.15 bits per heavy atom. The van der Waals surface area contributed by atoms with Crippen LogP contribution in [0.5, 0.6) is 0 Å². The topological polar surface area (TPSA) is 102 Å². The van der Waals surface area contributed by atoms with Crippen LogP contribution in [0.15, 0.2) is 27.5 Å². The molecule has 0 bridgehead atoms. The minimum atomic E-state index is -3.33. The number of sulfone groups is 1. The SMILES string of the molecule is CCS(=O)(=O)c1ccc2oc(C3CNCCN3C(=O)OC(C)(C)C)nc2c1. The largest absolute Gasteiger partial charge is 0.444 e. The van der Waals surface area contributed by atoms with Crippen LogP contribution in [0, 0.1) is 0 Å². The molecule has 2 heterocycles. The van der Waals surface area contributed by atoms with Gasteiger partial charge in [-0.25, -0.2) is 18.2 Å². The van der Waals surface area contributed by atoms with E-state index in [0.717, 1.165) is 0 Å². The fourth-order valence-electron chi connectivity index (χ4n) is 2.89. The molecule has 0 saturated carbocycles. The lowest BCUT2D eigenvalue weighted by atomic mass is 10.2. The van der Waals surface area contributed by atoms with Crippen molar-refractivity contribution in [3.05, 3.63) is 24.1 Å². The number of fused-ring (bicyclic) bond motifs is 1. The molecular formula is C18H25N3O5S. The van der Waals surface area contributed by atoms with Gasteiger partial charge in [-0.1, -0.05) is 6.92 Å². The maximum Gasteiger partial charge on any atom is 0.411 e. The molecule has 1 aliphatic heterocycles. The second kappa shape index (κ2) is 7.12. The molecule has 1 saturated heterocycles. The van der Waals surface area contributed by atoms with E-state index in [-0.39, 0.29) is 10.6 Å². The van der Waals surface area contributed by atoms with Crippen molar-refractivity contribution in [1.29, 1.82) is 0 Å². The summed E-state index contributed by atoms with van der Waals surface area (Å²) in [6.07, 6.45) is -0.425. The molecule has 1 aromatic heterocycles. The Balaban J connectivity index is 1.93. The summed E-state index contributed by atoms with van der Waals surface area (Å²) in [5.41, 5.74) is 0.334. The van der Waals surface area contributed by atoms with Gasteiger partial charge in [0.25, 0.3) is 0 Å². The molecule has 1 amide bonds. The highest BCUT2D eigenvalue weighted by atomic mass is 32.2. The molecular weight excluding hydrogens is 370 g/mol. The Bertz CT molecular complexity index is 946. The first-order valence-electron chi connectivity index (χ1n) is 8.94. The lowest BCUT2D eigenvalue weighted by Gasteiger charge is -2.35. The lowest BCUT2D eigenvalue weighted by Crippen LogP contribution is -2.50. The van der Waals surface area contributed by atoms with Gasteiger partial charge in [-0.05, 0) is 39.0 Å². The number of oxazole rings is 1. The molecule has 27 heavy (non-hydrogen) atoms. The summed E-state index contributed by atoms with van der Waals surface area (Å²) in [4.78, 5) is 18.8. The third-order valence-corrected chi connectivity index (χ3v) is 6.00. The van der Waals surface area contributed by atoms with Crippen LogP contribution in [0.2, 0.25) is 0 Å². The van der Waals surface area contributed by atoms with Crippen LogP contribution in [0.25, 0.3) is 11.1 Å². The number of hydrogen-bond donors (Lipinski definition) is 1. The summed E-state index contributed by atoms with van der Waals surface area (Å²) in [6, 6.07) is 4.20. The van der Waals surface area contributed by atoms with Crippen LogP contribution in [0.3, 0.4) is 0 Å². The maximum absolute atomic E-state index is 12.6. The second-order valence-corrected chi connectivity index (χ2v) is 9.76. The quantitative estimate of drug-likeness (QED) is 0.852. The van der Waals surface area contributed by atoms with Crippen molar-refractivity contribution in [2.75, 3.05) is 25.4 Å². The minimum Gasteiger partial charge on any atom is -0.444 e. The molecule has 3 rings (SSSR count). The van der Waals surface area contributed by atoms with Crippen LogP contribution in [-0.4, -0.2) is 55.4 Å². The molecule has 0 radical (unpaired) electrons. The van der Waals surface area contributed by atoms with E-state index in [0.29, 0.717) is 36.6 Å². The molecule has 1 aromatic carbocycles. The first-order chi connectivity index (χ1) is 12.6. The maximum atomic E-state index is 12.6. The number of carbonyl (C=O) groups is 1. The molecule has 0 spiro atoms. The molecule has 1 fully saturated rings. The van der Waals surface area contributed by atoms with Gasteiger partial charge < -0.3 is 14.5 Å². The van der Waals surface area contributed by atoms with Gasteiger partial charge in [0, 0.05) is 19.6 Å². The van der Waals surface area contributed by atoms with Crippen LogP contribution in [0.1, 0.15) is 39.6 Å². The summed E-state index contributed by atoms with van der Waals surface area (Å²) < 4.78 is 35.5. The van der Waals surface area contributed by atoms with E-state index in [1.807, 2.05) is 20.8 Å². The van der Waals surface area contributed by atoms with Gasteiger partial charge in [0.2, 0.25) is 5.89 Å². The monoisotopic (exact) mass is 395 g/mol. The number of nitrogens with one attached hydrogen (secondary N) is 1. The fraction of sp³-hybridized carbons (Fsp3) is 0.556. The predicted molar refractivity (Wildman–Crippen MR) is 100 cm³/mol. The van der Waals surface area contributed by atoms with Gasteiger partial charge in [0.1, 0.15) is 17.2 Å². The van der Waals surface area contributed by atoms with Gasteiger partial charge in [-0.15, -0.1) is 0 Å². The molecule has 8 nitrogen and oxygen atoms in total. The Labute approximate surface area is 158 Å². The van der Waals surface area contributed by atoms with Crippen molar-refractivity contribution in [2.45, 2.75) is 44.2 Å². The average Bonchev–Trinajstić information content (AvgIpc) is 3.03. The number of carbonyl (C=O) groups excluding carboxylic acids is 1. The zero-order valence-corrected chi connectivity index (χ0v) is 16.8. The van der Waals surface area contributed by atoms with E-state index in [1.54, 1.807) is 17.9 Å². The molecule has 1 aliphatic rings. The van der Waals surface area contributed by atoms with Crippen molar-refractivity contribution < 1.29 is 22.4 Å². The molecule has 2 aromatic rings. The standard InChI is InChI=1S/C18H25N3O5S/c1-5-27(23,24)12-6-7-15-13(10-12)20-16(25-15)14-11-19-8-9-21(14)17(22)26-18(2,3)4/h6-7,10,14,19H,5,8-9,11H2,1-4H3. The number of rotatable bonds is 3. The lowest BCUT2D eigenvalue weighted by molar-refractivity contribution is 0.00882. The molecule has 148 valence electrons. The molecule has 0 aliphatic carbocycles. The van der Waals surface area contributed by atoms with Crippen LogP contribution in [-0.2, 0) is 14.6 Å². The number of piperazine rings is 1. The highest BCUT2D eigenvalue weighted by Gasteiger charge is 2.34. The van der Waals surface area contributed by atoms with E-state index in [9.17, 15) is 13.2 Å². The third-order valence-electron chi connectivity index (χ3n) is 4.27. The molecule has 1 unspecified atom stereocenters. The fourth-order valence-corrected chi connectivity index (χ4v) is 3.79. The molecule has 9 heteroatoms. The Morgan fingerprint density at radius 3 is 2.81 bits per heavy atom. The highest BCUT2D eigenvalue weighted by Crippen LogP contribution is 2.28. The summed E-state index contributed by atoms with van der Waals surface area (Å²) in [6.45, 7) is 8.64. The van der Waals surface area contributed by atoms with Crippen molar-refractivity contribution in [2.24, 2.45) is 0 Å².